The van der Waals surface area contributed by atoms with E-state index >= 15 is 0 Å². The van der Waals surface area contributed by atoms with E-state index in [9.17, 15) is 19.2 Å². The van der Waals surface area contributed by atoms with Crippen molar-refractivity contribution in [1.29, 1.82) is 0 Å². The predicted molar refractivity (Wildman–Crippen MR) is 54.4 cm³/mol. The van der Waals surface area contributed by atoms with Gasteiger partial charge in [0.1, 0.15) is 12.6 Å². The van der Waals surface area contributed by atoms with Crippen molar-refractivity contribution < 1.29 is 34.5 Å². The van der Waals surface area contributed by atoms with Gasteiger partial charge >= 0.3 is 17.9 Å². The smallest absolute Gasteiger partial charge is 0.322 e. The van der Waals surface area contributed by atoms with Crippen molar-refractivity contribution in [3.8, 4) is 0 Å². The van der Waals surface area contributed by atoms with Crippen LogP contribution in [0.4, 0.5) is 0 Å². The highest BCUT2D eigenvalue weighted by molar-refractivity contribution is 5.93. The molecule has 0 aliphatic heterocycles. The molecule has 9 nitrogen and oxygen atoms in total. The van der Waals surface area contributed by atoms with E-state index in [1.54, 1.807) is 0 Å². The normalized spacial score (nSPS) is 27.1. The van der Waals surface area contributed by atoms with E-state index in [0.717, 1.165) is 0 Å². The van der Waals surface area contributed by atoms with Crippen molar-refractivity contribution in [1.82, 2.24) is 5.32 Å². The van der Waals surface area contributed by atoms with Crippen molar-refractivity contribution in [3.05, 3.63) is 0 Å². The molecule has 100 valence electrons. The molecule has 0 aromatic carbocycles. The van der Waals surface area contributed by atoms with E-state index in [1.165, 1.54) is 0 Å². The topological polar surface area (TPSA) is 167 Å². The molecule has 1 aliphatic carbocycles. The average Bonchev–Trinajstić information content (AvgIpc) is 2.99. The van der Waals surface area contributed by atoms with Crippen molar-refractivity contribution in [3.63, 3.8) is 0 Å². The van der Waals surface area contributed by atoms with Crippen LogP contribution in [-0.2, 0) is 19.2 Å². The molecular weight excluding hydrogens is 248 g/mol. The monoisotopic (exact) mass is 260 g/mol. The highest BCUT2D eigenvalue weighted by Crippen LogP contribution is 2.48. The molecule has 1 rings (SSSR count). The Morgan fingerprint density at radius 3 is 2.06 bits per heavy atom. The minimum Gasteiger partial charge on any atom is -0.481 e. The maximum Gasteiger partial charge on any atom is 0.322 e. The van der Waals surface area contributed by atoms with Crippen molar-refractivity contribution in [2.24, 2.45) is 23.5 Å². The van der Waals surface area contributed by atoms with Gasteiger partial charge in [0.25, 0.3) is 0 Å². The van der Waals surface area contributed by atoms with E-state index in [-0.39, 0.29) is 0 Å². The molecule has 0 spiro atoms. The zero-order valence-electron chi connectivity index (χ0n) is 9.07. The fraction of sp³-hybridized carbons (Fsp3) is 0.556. The zero-order valence-corrected chi connectivity index (χ0v) is 9.07. The van der Waals surface area contributed by atoms with Gasteiger partial charge in [-0.2, -0.15) is 0 Å². The fourth-order valence-electron chi connectivity index (χ4n) is 1.88. The van der Waals surface area contributed by atoms with Gasteiger partial charge in [-0.3, -0.25) is 19.2 Å². The number of amides is 1. The molecule has 1 unspecified atom stereocenters. The molecule has 9 heteroatoms. The Morgan fingerprint density at radius 1 is 1.11 bits per heavy atom. The summed E-state index contributed by atoms with van der Waals surface area (Å²) in [6.07, 6.45) is 0. The van der Waals surface area contributed by atoms with Crippen LogP contribution in [0.25, 0.3) is 0 Å². The molecular formula is C9H12N2O7. The van der Waals surface area contributed by atoms with E-state index in [2.05, 4.69) is 0 Å². The maximum absolute atomic E-state index is 11.5. The van der Waals surface area contributed by atoms with Gasteiger partial charge in [-0.15, -0.1) is 0 Å². The van der Waals surface area contributed by atoms with Crippen LogP contribution in [0, 0.1) is 17.8 Å². The van der Waals surface area contributed by atoms with Crippen LogP contribution in [0.1, 0.15) is 0 Å². The number of nitrogens with one attached hydrogen (secondary N) is 1. The Labute approximate surface area is 101 Å². The van der Waals surface area contributed by atoms with Crippen LogP contribution in [0.5, 0.6) is 0 Å². The molecule has 1 fully saturated rings. The molecule has 0 aromatic heterocycles. The standard InChI is InChI=1S/C9H12N2O7/c10-6(9(17)18)3-4(5(3)8(15)16)7(14)11-1-2(12)13/h3-6H,1,10H2,(H,11,14)(H,12,13)(H,15,16)(H,17,18)/t3-,4+,5+,6?/m0/s1. The minimum atomic E-state index is -1.47. The molecule has 1 amide bonds. The molecule has 0 aromatic rings. The predicted octanol–water partition coefficient (Wildman–Crippen LogP) is -2.45. The van der Waals surface area contributed by atoms with Gasteiger partial charge in [0, 0.05) is 5.92 Å². The number of rotatable bonds is 6. The molecule has 1 saturated carbocycles. The highest BCUT2D eigenvalue weighted by atomic mass is 16.4. The lowest BCUT2D eigenvalue weighted by molar-refractivity contribution is -0.141. The van der Waals surface area contributed by atoms with Crippen molar-refractivity contribution >= 4 is 23.8 Å². The molecule has 0 saturated heterocycles. The lowest BCUT2D eigenvalue weighted by Crippen LogP contribution is -2.36. The average molecular weight is 260 g/mol. The van der Waals surface area contributed by atoms with Gasteiger partial charge in [-0.1, -0.05) is 0 Å². The number of carbonyl (C=O) groups is 4. The second-order valence-electron chi connectivity index (χ2n) is 3.94. The third-order valence-corrected chi connectivity index (χ3v) is 2.78. The molecule has 1 aliphatic rings. The van der Waals surface area contributed by atoms with E-state index in [4.69, 9.17) is 21.1 Å². The highest BCUT2D eigenvalue weighted by Gasteiger charge is 2.63. The quantitative estimate of drug-likeness (QED) is 0.350. The summed E-state index contributed by atoms with van der Waals surface area (Å²) in [6, 6.07) is -1.47. The van der Waals surface area contributed by atoms with Crippen LogP contribution >= 0.6 is 0 Å². The van der Waals surface area contributed by atoms with Crippen LogP contribution < -0.4 is 11.1 Å². The minimum absolute atomic E-state index is 0.656. The maximum atomic E-state index is 11.5. The first kappa shape index (κ1) is 13.9. The molecule has 0 heterocycles. The van der Waals surface area contributed by atoms with E-state index < -0.39 is 54.2 Å². The Kier molecular flexibility index (Phi) is 3.86. The van der Waals surface area contributed by atoms with Crippen LogP contribution in [0.15, 0.2) is 0 Å². The second kappa shape index (κ2) is 5.00. The first-order valence-corrected chi connectivity index (χ1v) is 4.98. The van der Waals surface area contributed by atoms with Crippen LogP contribution in [0.2, 0.25) is 0 Å². The molecule has 4 atom stereocenters. The summed E-state index contributed by atoms with van der Waals surface area (Å²) in [5.41, 5.74) is 5.27. The second-order valence-corrected chi connectivity index (χ2v) is 3.94. The molecule has 0 radical (unpaired) electrons. The number of carbonyl (C=O) groups excluding carboxylic acids is 1. The number of hydrogen-bond donors (Lipinski definition) is 5. The van der Waals surface area contributed by atoms with E-state index in [1.807, 2.05) is 5.32 Å². The zero-order chi connectivity index (χ0) is 14.0. The Bertz CT molecular complexity index is 408. The third kappa shape index (κ3) is 2.74. The number of carboxylic acid groups (broad SMARTS) is 3. The number of hydrogen-bond acceptors (Lipinski definition) is 5. The van der Waals surface area contributed by atoms with Gasteiger partial charge in [0.05, 0.1) is 11.8 Å². The summed E-state index contributed by atoms with van der Waals surface area (Å²) < 4.78 is 0. The molecule has 0 bridgehead atoms. The summed E-state index contributed by atoms with van der Waals surface area (Å²) in [6.45, 7) is -0.656. The van der Waals surface area contributed by atoms with Gasteiger partial charge in [0.15, 0.2) is 0 Å². The largest absolute Gasteiger partial charge is 0.481 e. The van der Waals surface area contributed by atoms with E-state index in [0.29, 0.717) is 0 Å². The number of carboxylic acids is 3. The van der Waals surface area contributed by atoms with Gasteiger partial charge in [0.2, 0.25) is 5.91 Å². The fourth-order valence-corrected chi connectivity index (χ4v) is 1.88. The first-order valence-electron chi connectivity index (χ1n) is 4.98. The lowest BCUT2D eigenvalue weighted by Gasteiger charge is -2.04. The van der Waals surface area contributed by atoms with Gasteiger partial charge in [-0.05, 0) is 0 Å². The van der Waals surface area contributed by atoms with Crippen molar-refractivity contribution in [2.45, 2.75) is 6.04 Å². The SMILES string of the molecule is NC(C(=O)O)[C@@H]1[C@@H](C(=O)O)[C@@H]1C(=O)NCC(=O)O. The summed E-state index contributed by atoms with van der Waals surface area (Å²) in [7, 11) is 0. The van der Waals surface area contributed by atoms with Crippen LogP contribution in [-0.4, -0.2) is 51.7 Å². The molecule has 6 N–H and O–H groups in total. The first-order chi connectivity index (χ1) is 8.27. The summed E-state index contributed by atoms with van der Waals surface area (Å²) >= 11 is 0. The lowest BCUT2D eigenvalue weighted by atomic mass is 10.1. The summed E-state index contributed by atoms with van der Waals surface area (Å²) in [4.78, 5) is 43.2. The Hall–Kier alpha value is -2.16. The van der Waals surface area contributed by atoms with Crippen molar-refractivity contribution in [2.75, 3.05) is 6.54 Å². The van der Waals surface area contributed by atoms with Gasteiger partial charge in [-0.25, -0.2) is 0 Å². The van der Waals surface area contributed by atoms with Crippen LogP contribution in [0.3, 0.4) is 0 Å². The Morgan fingerprint density at radius 2 is 1.67 bits per heavy atom. The third-order valence-electron chi connectivity index (χ3n) is 2.78. The number of nitrogens with two attached hydrogens (primary N) is 1. The van der Waals surface area contributed by atoms with Gasteiger partial charge < -0.3 is 26.4 Å². The molecule has 18 heavy (non-hydrogen) atoms. The summed E-state index contributed by atoms with van der Waals surface area (Å²) in [5, 5.41) is 27.8. The summed E-state index contributed by atoms with van der Waals surface area (Å²) in [5.74, 6) is -8.14. The Balaban J connectivity index is 2.69. The number of aliphatic carboxylic acids is 3.